The standard InChI is InChI=1S/C12H10ClF2N3/c13-9-4-3-7(14)6-8(9)11(18-16)12-10(15)2-1-5-17-12/h1-6,11,18H,16H2. The van der Waals surface area contributed by atoms with Crippen molar-refractivity contribution in [3.63, 3.8) is 0 Å². The van der Waals surface area contributed by atoms with Crippen LogP contribution in [-0.4, -0.2) is 4.98 Å². The summed E-state index contributed by atoms with van der Waals surface area (Å²) in [6, 6.07) is 5.70. The van der Waals surface area contributed by atoms with Crippen LogP contribution in [-0.2, 0) is 0 Å². The average molecular weight is 270 g/mol. The monoisotopic (exact) mass is 269 g/mol. The number of rotatable bonds is 3. The highest BCUT2D eigenvalue weighted by Gasteiger charge is 2.20. The predicted octanol–water partition coefficient (Wildman–Crippen LogP) is 2.57. The summed E-state index contributed by atoms with van der Waals surface area (Å²) in [5.41, 5.74) is 2.78. The van der Waals surface area contributed by atoms with E-state index in [1.807, 2.05) is 0 Å². The van der Waals surface area contributed by atoms with Crippen LogP contribution in [0.2, 0.25) is 5.02 Å². The minimum atomic E-state index is -0.811. The van der Waals surface area contributed by atoms with E-state index in [4.69, 9.17) is 17.4 Å². The molecule has 3 nitrogen and oxygen atoms in total. The topological polar surface area (TPSA) is 50.9 Å². The lowest BCUT2D eigenvalue weighted by Crippen LogP contribution is -2.30. The van der Waals surface area contributed by atoms with Crippen molar-refractivity contribution in [1.82, 2.24) is 10.4 Å². The third-order valence-corrected chi connectivity index (χ3v) is 2.84. The SMILES string of the molecule is NNC(c1cc(F)ccc1Cl)c1ncccc1F. The van der Waals surface area contributed by atoms with Crippen molar-refractivity contribution in [3.8, 4) is 0 Å². The summed E-state index contributed by atoms with van der Waals surface area (Å²) in [6.07, 6.45) is 1.43. The van der Waals surface area contributed by atoms with E-state index in [-0.39, 0.29) is 10.7 Å². The summed E-state index contributed by atoms with van der Waals surface area (Å²) in [4.78, 5) is 3.90. The Labute approximate surface area is 108 Å². The van der Waals surface area contributed by atoms with Crippen molar-refractivity contribution in [2.75, 3.05) is 0 Å². The van der Waals surface area contributed by atoms with Crippen molar-refractivity contribution >= 4 is 11.6 Å². The molecule has 1 aromatic carbocycles. The fraction of sp³-hybridized carbons (Fsp3) is 0.0833. The van der Waals surface area contributed by atoms with Gasteiger partial charge in [0, 0.05) is 11.2 Å². The molecule has 1 aromatic heterocycles. The number of aromatic nitrogens is 1. The molecular weight excluding hydrogens is 260 g/mol. The van der Waals surface area contributed by atoms with Crippen LogP contribution in [0.25, 0.3) is 0 Å². The van der Waals surface area contributed by atoms with Crippen LogP contribution in [0.5, 0.6) is 0 Å². The van der Waals surface area contributed by atoms with E-state index in [1.165, 1.54) is 36.5 Å². The minimum Gasteiger partial charge on any atom is -0.271 e. The molecule has 94 valence electrons. The minimum absolute atomic E-state index is 0.0625. The Morgan fingerprint density at radius 1 is 1.28 bits per heavy atom. The molecule has 0 aliphatic heterocycles. The predicted molar refractivity (Wildman–Crippen MR) is 64.8 cm³/mol. The van der Waals surface area contributed by atoms with Crippen LogP contribution in [0.3, 0.4) is 0 Å². The first kappa shape index (κ1) is 12.9. The summed E-state index contributed by atoms with van der Waals surface area (Å²) < 4.78 is 26.9. The number of pyridine rings is 1. The number of nitrogens with one attached hydrogen (secondary N) is 1. The van der Waals surface area contributed by atoms with Gasteiger partial charge in [-0.1, -0.05) is 11.6 Å². The summed E-state index contributed by atoms with van der Waals surface area (Å²) in [6.45, 7) is 0. The molecule has 2 rings (SSSR count). The molecule has 1 unspecified atom stereocenters. The van der Waals surface area contributed by atoms with Crippen LogP contribution in [0.15, 0.2) is 36.5 Å². The summed E-state index contributed by atoms with van der Waals surface area (Å²) in [7, 11) is 0. The molecule has 0 saturated heterocycles. The number of hydrogen-bond acceptors (Lipinski definition) is 3. The molecule has 0 aliphatic carbocycles. The maximum absolute atomic E-state index is 13.6. The fourth-order valence-electron chi connectivity index (χ4n) is 1.66. The molecule has 6 heteroatoms. The highest BCUT2D eigenvalue weighted by atomic mass is 35.5. The van der Waals surface area contributed by atoms with E-state index >= 15 is 0 Å². The maximum atomic E-state index is 13.6. The first-order chi connectivity index (χ1) is 8.63. The van der Waals surface area contributed by atoms with E-state index in [0.29, 0.717) is 5.56 Å². The molecule has 1 heterocycles. The lowest BCUT2D eigenvalue weighted by molar-refractivity contribution is 0.540. The van der Waals surface area contributed by atoms with Crippen molar-refractivity contribution in [1.29, 1.82) is 0 Å². The Kier molecular flexibility index (Phi) is 3.86. The molecule has 0 aliphatic rings. The number of nitrogens with two attached hydrogens (primary N) is 1. The van der Waals surface area contributed by atoms with Gasteiger partial charge in [-0.3, -0.25) is 10.8 Å². The second kappa shape index (κ2) is 5.39. The Morgan fingerprint density at radius 3 is 2.72 bits per heavy atom. The van der Waals surface area contributed by atoms with Crippen molar-refractivity contribution in [2.45, 2.75) is 6.04 Å². The van der Waals surface area contributed by atoms with Gasteiger partial charge >= 0.3 is 0 Å². The van der Waals surface area contributed by atoms with Gasteiger partial charge in [0.15, 0.2) is 0 Å². The molecule has 18 heavy (non-hydrogen) atoms. The van der Waals surface area contributed by atoms with Crippen molar-refractivity contribution < 1.29 is 8.78 Å². The van der Waals surface area contributed by atoms with E-state index in [1.54, 1.807) is 0 Å². The first-order valence-electron chi connectivity index (χ1n) is 5.15. The quantitative estimate of drug-likeness (QED) is 0.665. The third kappa shape index (κ3) is 2.48. The van der Waals surface area contributed by atoms with Gasteiger partial charge in [-0.05, 0) is 35.9 Å². The van der Waals surface area contributed by atoms with E-state index < -0.39 is 17.7 Å². The van der Waals surface area contributed by atoms with Crippen LogP contribution < -0.4 is 11.3 Å². The van der Waals surface area contributed by atoms with Crippen molar-refractivity contribution in [3.05, 3.63) is 64.4 Å². The number of hydrogen-bond donors (Lipinski definition) is 2. The molecule has 0 amide bonds. The molecule has 0 spiro atoms. The Bertz CT molecular complexity index is 563. The zero-order valence-electron chi connectivity index (χ0n) is 9.20. The van der Waals surface area contributed by atoms with Crippen LogP contribution in [0.1, 0.15) is 17.3 Å². The lowest BCUT2D eigenvalue weighted by atomic mass is 10.0. The fourth-order valence-corrected chi connectivity index (χ4v) is 1.89. The van der Waals surface area contributed by atoms with Gasteiger partial charge in [0.1, 0.15) is 11.6 Å². The van der Waals surface area contributed by atoms with Gasteiger partial charge in [0.2, 0.25) is 0 Å². The van der Waals surface area contributed by atoms with Crippen LogP contribution >= 0.6 is 11.6 Å². The average Bonchev–Trinajstić information content (AvgIpc) is 2.36. The second-order valence-electron chi connectivity index (χ2n) is 3.64. The zero-order valence-corrected chi connectivity index (χ0v) is 9.96. The molecule has 0 bridgehead atoms. The van der Waals surface area contributed by atoms with Gasteiger partial charge in [0.25, 0.3) is 0 Å². The van der Waals surface area contributed by atoms with E-state index in [2.05, 4.69) is 10.4 Å². The van der Waals surface area contributed by atoms with E-state index in [9.17, 15) is 8.78 Å². The molecule has 0 saturated carbocycles. The van der Waals surface area contributed by atoms with Gasteiger partial charge < -0.3 is 0 Å². The van der Waals surface area contributed by atoms with Crippen LogP contribution in [0.4, 0.5) is 8.78 Å². The van der Waals surface area contributed by atoms with Gasteiger partial charge in [-0.15, -0.1) is 0 Å². The maximum Gasteiger partial charge on any atom is 0.146 e. The lowest BCUT2D eigenvalue weighted by Gasteiger charge is -2.17. The van der Waals surface area contributed by atoms with Gasteiger partial charge in [-0.25, -0.2) is 14.2 Å². The summed E-state index contributed by atoms with van der Waals surface area (Å²) >= 11 is 5.96. The Morgan fingerprint density at radius 2 is 2.06 bits per heavy atom. The summed E-state index contributed by atoms with van der Waals surface area (Å²) in [5.74, 6) is 4.37. The Hall–Kier alpha value is -1.56. The number of nitrogens with zero attached hydrogens (tertiary/aromatic N) is 1. The molecule has 1 atom stereocenters. The second-order valence-corrected chi connectivity index (χ2v) is 4.04. The number of hydrazine groups is 1. The van der Waals surface area contributed by atoms with Crippen LogP contribution in [0, 0.1) is 11.6 Å². The normalized spacial score (nSPS) is 12.4. The highest BCUT2D eigenvalue weighted by Crippen LogP contribution is 2.28. The molecular formula is C12H10ClF2N3. The first-order valence-corrected chi connectivity index (χ1v) is 5.52. The summed E-state index contributed by atoms with van der Waals surface area (Å²) in [5, 5.41) is 0.282. The van der Waals surface area contributed by atoms with E-state index in [0.717, 1.165) is 0 Å². The molecule has 3 N–H and O–H groups in total. The smallest absolute Gasteiger partial charge is 0.146 e. The molecule has 0 radical (unpaired) electrons. The molecule has 2 aromatic rings. The number of benzene rings is 1. The zero-order chi connectivity index (χ0) is 13.1. The Balaban J connectivity index is 2.52. The third-order valence-electron chi connectivity index (χ3n) is 2.50. The largest absolute Gasteiger partial charge is 0.271 e. The van der Waals surface area contributed by atoms with Gasteiger partial charge in [-0.2, -0.15) is 0 Å². The number of halogens is 3. The highest BCUT2D eigenvalue weighted by molar-refractivity contribution is 6.31. The molecule has 0 fully saturated rings. The van der Waals surface area contributed by atoms with Gasteiger partial charge in [0.05, 0.1) is 11.7 Å². The van der Waals surface area contributed by atoms with Crippen molar-refractivity contribution in [2.24, 2.45) is 5.84 Å².